The Kier molecular flexibility index (Phi) is 7.73. The summed E-state index contributed by atoms with van der Waals surface area (Å²) in [4.78, 5) is 25.6. The molecule has 0 aliphatic carbocycles. The van der Waals surface area contributed by atoms with Crippen LogP contribution < -0.4 is 4.74 Å². The SMILES string of the molecule is CCC(C)(C)OC(=O)COC(=O)COc1ccc(Sc2ccccc2)cc1. The standard InChI is InChI=1S/C21H24O5S/c1-4-21(2,3)26-20(23)15-25-19(22)14-24-16-10-12-18(13-11-16)27-17-8-6-5-7-9-17/h5-13H,4,14-15H2,1-3H3. The first-order valence-corrected chi connectivity index (χ1v) is 9.53. The average molecular weight is 388 g/mol. The van der Waals surface area contributed by atoms with Gasteiger partial charge in [0.2, 0.25) is 0 Å². The van der Waals surface area contributed by atoms with E-state index in [2.05, 4.69) is 0 Å². The molecular formula is C21H24O5S. The fourth-order valence-electron chi connectivity index (χ4n) is 1.96. The third-order valence-electron chi connectivity index (χ3n) is 3.75. The molecular weight excluding hydrogens is 364 g/mol. The molecule has 6 heteroatoms. The zero-order valence-electron chi connectivity index (χ0n) is 15.8. The summed E-state index contributed by atoms with van der Waals surface area (Å²) in [6, 6.07) is 17.5. The average Bonchev–Trinajstić information content (AvgIpc) is 2.66. The van der Waals surface area contributed by atoms with Crippen molar-refractivity contribution in [3.8, 4) is 5.75 Å². The molecule has 0 aromatic heterocycles. The van der Waals surface area contributed by atoms with E-state index in [0.717, 1.165) is 9.79 Å². The van der Waals surface area contributed by atoms with Gasteiger partial charge in [0, 0.05) is 9.79 Å². The Bertz CT molecular complexity index is 741. The van der Waals surface area contributed by atoms with E-state index in [1.807, 2.05) is 49.4 Å². The minimum Gasteiger partial charge on any atom is -0.482 e. The summed E-state index contributed by atoms with van der Waals surface area (Å²) in [5.74, 6) is -0.638. The van der Waals surface area contributed by atoms with Crippen LogP contribution in [0.5, 0.6) is 5.75 Å². The summed E-state index contributed by atoms with van der Waals surface area (Å²) >= 11 is 1.64. The second-order valence-corrected chi connectivity index (χ2v) is 7.57. The molecule has 144 valence electrons. The van der Waals surface area contributed by atoms with Gasteiger partial charge in [0.05, 0.1) is 0 Å². The van der Waals surface area contributed by atoms with Gasteiger partial charge in [0.15, 0.2) is 13.2 Å². The molecule has 2 rings (SSSR count). The number of hydrogen-bond acceptors (Lipinski definition) is 6. The van der Waals surface area contributed by atoms with E-state index in [9.17, 15) is 9.59 Å². The van der Waals surface area contributed by atoms with Crippen LogP contribution in [0.4, 0.5) is 0 Å². The Morgan fingerprint density at radius 2 is 1.52 bits per heavy atom. The van der Waals surface area contributed by atoms with Crippen LogP contribution in [0.3, 0.4) is 0 Å². The molecule has 0 bridgehead atoms. The quantitative estimate of drug-likeness (QED) is 0.590. The molecule has 27 heavy (non-hydrogen) atoms. The van der Waals surface area contributed by atoms with Crippen molar-refractivity contribution in [1.29, 1.82) is 0 Å². The van der Waals surface area contributed by atoms with Crippen LogP contribution in [0.2, 0.25) is 0 Å². The van der Waals surface area contributed by atoms with Crippen LogP contribution >= 0.6 is 11.8 Å². The van der Waals surface area contributed by atoms with E-state index in [0.29, 0.717) is 12.2 Å². The molecule has 0 atom stereocenters. The Morgan fingerprint density at radius 3 is 2.15 bits per heavy atom. The number of ether oxygens (including phenoxy) is 3. The topological polar surface area (TPSA) is 61.8 Å². The molecule has 0 unspecified atom stereocenters. The normalized spacial score (nSPS) is 10.9. The lowest BCUT2D eigenvalue weighted by atomic mass is 10.1. The highest BCUT2D eigenvalue weighted by Crippen LogP contribution is 2.28. The Hall–Kier alpha value is -2.47. The molecule has 0 aliphatic rings. The maximum absolute atomic E-state index is 11.7. The lowest BCUT2D eigenvalue weighted by molar-refractivity contribution is -0.168. The van der Waals surface area contributed by atoms with Crippen molar-refractivity contribution >= 4 is 23.7 Å². The summed E-state index contributed by atoms with van der Waals surface area (Å²) in [5, 5.41) is 0. The second-order valence-electron chi connectivity index (χ2n) is 6.42. The summed E-state index contributed by atoms with van der Waals surface area (Å²) in [7, 11) is 0. The number of esters is 2. The predicted molar refractivity (Wildman–Crippen MR) is 104 cm³/mol. The number of rotatable bonds is 9. The predicted octanol–water partition coefficient (Wildman–Crippen LogP) is 4.49. The number of carbonyl (C=O) groups excluding carboxylic acids is 2. The van der Waals surface area contributed by atoms with Gasteiger partial charge < -0.3 is 14.2 Å². The molecule has 0 saturated heterocycles. The maximum Gasteiger partial charge on any atom is 0.344 e. The Balaban J connectivity index is 1.73. The first-order valence-electron chi connectivity index (χ1n) is 8.71. The zero-order chi connectivity index (χ0) is 19.7. The lowest BCUT2D eigenvalue weighted by Gasteiger charge is -2.23. The molecule has 2 aromatic carbocycles. The van der Waals surface area contributed by atoms with Crippen molar-refractivity contribution < 1.29 is 23.8 Å². The minimum atomic E-state index is -0.621. The fraction of sp³-hybridized carbons (Fsp3) is 0.333. The molecule has 0 fully saturated rings. The van der Waals surface area contributed by atoms with Gasteiger partial charge >= 0.3 is 11.9 Å². The molecule has 0 spiro atoms. The third-order valence-corrected chi connectivity index (χ3v) is 4.77. The molecule has 0 N–H and O–H groups in total. The second kappa shape index (κ2) is 10.0. The van der Waals surface area contributed by atoms with E-state index in [4.69, 9.17) is 14.2 Å². The van der Waals surface area contributed by atoms with Gasteiger partial charge in [-0.05, 0) is 56.7 Å². The highest BCUT2D eigenvalue weighted by molar-refractivity contribution is 7.99. The molecule has 0 saturated carbocycles. The van der Waals surface area contributed by atoms with Crippen LogP contribution in [-0.2, 0) is 19.1 Å². The summed E-state index contributed by atoms with van der Waals surface area (Å²) in [6.07, 6.45) is 0.675. The van der Waals surface area contributed by atoms with Crippen LogP contribution in [-0.4, -0.2) is 30.8 Å². The van der Waals surface area contributed by atoms with Crippen molar-refractivity contribution in [2.75, 3.05) is 13.2 Å². The molecule has 0 heterocycles. The first kappa shape index (κ1) is 20.8. The van der Waals surface area contributed by atoms with Crippen LogP contribution in [0.1, 0.15) is 27.2 Å². The van der Waals surface area contributed by atoms with E-state index >= 15 is 0 Å². The first-order chi connectivity index (χ1) is 12.9. The van der Waals surface area contributed by atoms with E-state index in [-0.39, 0.29) is 6.61 Å². The smallest absolute Gasteiger partial charge is 0.344 e. The van der Waals surface area contributed by atoms with Gasteiger partial charge in [-0.1, -0.05) is 36.9 Å². The zero-order valence-corrected chi connectivity index (χ0v) is 16.6. The van der Waals surface area contributed by atoms with Gasteiger partial charge in [-0.25, -0.2) is 9.59 Å². The van der Waals surface area contributed by atoms with Gasteiger partial charge in [-0.3, -0.25) is 0 Å². The number of benzene rings is 2. The van der Waals surface area contributed by atoms with Crippen LogP contribution in [0.25, 0.3) is 0 Å². The van der Waals surface area contributed by atoms with Crippen LogP contribution in [0, 0.1) is 0 Å². The van der Waals surface area contributed by atoms with E-state index in [1.165, 1.54) is 0 Å². The molecule has 0 radical (unpaired) electrons. The maximum atomic E-state index is 11.7. The Labute approximate surface area is 164 Å². The molecule has 0 aliphatic heterocycles. The van der Waals surface area contributed by atoms with E-state index in [1.54, 1.807) is 37.7 Å². The highest BCUT2D eigenvalue weighted by atomic mass is 32.2. The molecule has 2 aromatic rings. The van der Waals surface area contributed by atoms with Crippen molar-refractivity contribution in [2.24, 2.45) is 0 Å². The summed E-state index contributed by atoms with van der Waals surface area (Å²) < 4.78 is 15.5. The highest BCUT2D eigenvalue weighted by Gasteiger charge is 2.21. The van der Waals surface area contributed by atoms with Gasteiger partial charge in [0.1, 0.15) is 11.4 Å². The summed E-state index contributed by atoms with van der Waals surface area (Å²) in [6.45, 7) is 4.83. The third kappa shape index (κ3) is 7.74. The van der Waals surface area contributed by atoms with Gasteiger partial charge in [-0.2, -0.15) is 0 Å². The van der Waals surface area contributed by atoms with Crippen LogP contribution in [0.15, 0.2) is 64.4 Å². The minimum absolute atomic E-state index is 0.268. The number of carbonyl (C=O) groups is 2. The molecule has 0 amide bonds. The molecule has 5 nitrogen and oxygen atoms in total. The summed E-state index contributed by atoms with van der Waals surface area (Å²) in [5.41, 5.74) is -0.570. The van der Waals surface area contributed by atoms with Crippen molar-refractivity contribution in [2.45, 2.75) is 42.6 Å². The Morgan fingerprint density at radius 1 is 0.889 bits per heavy atom. The van der Waals surface area contributed by atoms with Gasteiger partial charge in [0.25, 0.3) is 0 Å². The van der Waals surface area contributed by atoms with Crippen molar-refractivity contribution in [3.05, 3.63) is 54.6 Å². The van der Waals surface area contributed by atoms with Crippen molar-refractivity contribution in [1.82, 2.24) is 0 Å². The van der Waals surface area contributed by atoms with Crippen molar-refractivity contribution in [3.63, 3.8) is 0 Å². The van der Waals surface area contributed by atoms with Gasteiger partial charge in [-0.15, -0.1) is 0 Å². The number of hydrogen-bond donors (Lipinski definition) is 0. The monoisotopic (exact) mass is 388 g/mol. The fourth-order valence-corrected chi connectivity index (χ4v) is 2.80. The van der Waals surface area contributed by atoms with E-state index < -0.39 is 24.1 Å². The lowest BCUT2D eigenvalue weighted by Crippen LogP contribution is -2.30. The largest absolute Gasteiger partial charge is 0.482 e.